The lowest BCUT2D eigenvalue weighted by Gasteiger charge is -2.32. The lowest BCUT2D eigenvalue weighted by Crippen LogP contribution is -2.41. The van der Waals surface area contributed by atoms with Gasteiger partial charge in [0.05, 0.1) is 23.5 Å². The third kappa shape index (κ3) is 6.78. The fraction of sp³-hybridized carbons (Fsp3) is 0.346. The molecule has 1 aromatic carbocycles. The minimum atomic E-state index is -4.84. The molecule has 15 heteroatoms. The van der Waals surface area contributed by atoms with Crippen LogP contribution in [-0.2, 0) is 6.18 Å². The number of carbonyl (C=O) groups is 3. The number of Topliss-reactive ketones (excluding diaryl/α,β-unsaturated/α-hetero) is 1. The number of aryl methyl sites for hydroxylation is 2. The highest BCUT2D eigenvalue weighted by molar-refractivity contribution is 6.02. The van der Waals surface area contributed by atoms with Crippen LogP contribution in [0.15, 0.2) is 30.5 Å². The van der Waals surface area contributed by atoms with Gasteiger partial charge in [-0.15, -0.1) is 0 Å². The Morgan fingerprint density at radius 1 is 1.00 bits per heavy atom. The van der Waals surface area contributed by atoms with Crippen LogP contribution in [0.3, 0.4) is 0 Å². The van der Waals surface area contributed by atoms with Crippen LogP contribution in [0.5, 0.6) is 0 Å². The molecule has 3 heterocycles. The second-order valence-corrected chi connectivity index (χ2v) is 9.27. The van der Waals surface area contributed by atoms with Gasteiger partial charge in [-0.05, 0) is 44.9 Å². The SMILES string of the molecule is Cc1nc(C)c(C(=O)NCC(=O)c2ccnc(C(F)(F)F)n2)c(C2CCN(C(=O)Nc3c(F)cccc3F)CC2)n1. The van der Waals surface area contributed by atoms with E-state index < -0.39 is 59.3 Å². The van der Waals surface area contributed by atoms with Crippen molar-refractivity contribution in [2.75, 3.05) is 25.0 Å². The highest BCUT2D eigenvalue weighted by Crippen LogP contribution is 2.31. The van der Waals surface area contributed by atoms with E-state index in [0.29, 0.717) is 30.1 Å². The van der Waals surface area contributed by atoms with Gasteiger partial charge < -0.3 is 15.5 Å². The number of rotatable bonds is 6. The molecule has 0 radical (unpaired) electrons. The second-order valence-electron chi connectivity index (χ2n) is 9.27. The van der Waals surface area contributed by atoms with Crippen LogP contribution >= 0.6 is 0 Å². The monoisotopic (exact) mass is 577 g/mol. The zero-order valence-electron chi connectivity index (χ0n) is 21.9. The third-order valence-corrected chi connectivity index (χ3v) is 6.42. The predicted octanol–water partition coefficient (Wildman–Crippen LogP) is 4.20. The highest BCUT2D eigenvalue weighted by Gasteiger charge is 2.35. The summed E-state index contributed by atoms with van der Waals surface area (Å²) in [6.07, 6.45) is -3.30. The Morgan fingerprint density at radius 2 is 1.66 bits per heavy atom. The minimum Gasteiger partial charge on any atom is -0.344 e. The zero-order chi connectivity index (χ0) is 29.9. The molecule has 1 aliphatic heterocycles. The number of benzene rings is 1. The Balaban J connectivity index is 1.44. The number of piperidine rings is 1. The topological polar surface area (TPSA) is 130 Å². The molecular weight excluding hydrogens is 553 g/mol. The van der Waals surface area contributed by atoms with Crippen LogP contribution in [0.2, 0.25) is 0 Å². The van der Waals surface area contributed by atoms with Gasteiger partial charge >= 0.3 is 12.2 Å². The van der Waals surface area contributed by atoms with Crippen LogP contribution in [0.25, 0.3) is 0 Å². The summed E-state index contributed by atoms with van der Waals surface area (Å²) in [6.45, 7) is 2.99. The van der Waals surface area contributed by atoms with Gasteiger partial charge in [-0.25, -0.2) is 33.5 Å². The molecule has 0 bridgehead atoms. The van der Waals surface area contributed by atoms with Gasteiger partial charge in [0.1, 0.15) is 28.8 Å². The van der Waals surface area contributed by atoms with E-state index in [0.717, 1.165) is 24.4 Å². The van der Waals surface area contributed by atoms with Crippen LogP contribution in [0.1, 0.15) is 62.6 Å². The van der Waals surface area contributed by atoms with E-state index in [1.165, 1.54) is 11.0 Å². The number of para-hydroxylation sites is 1. The van der Waals surface area contributed by atoms with Crippen molar-refractivity contribution >= 4 is 23.4 Å². The smallest absolute Gasteiger partial charge is 0.344 e. The average molecular weight is 578 g/mol. The number of anilines is 1. The molecule has 0 unspecified atom stereocenters. The summed E-state index contributed by atoms with van der Waals surface area (Å²) in [7, 11) is 0. The molecule has 2 N–H and O–H groups in total. The van der Waals surface area contributed by atoms with E-state index in [1.54, 1.807) is 13.8 Å². The van der Waals surface area contributed by atoms with Gasteiger partial charge in [0.15, 0.2) is 5.78 Å². The zero-order valence-corrected chi connectivity index (χ0v) is 21.9. The average Bonchev–Trinajstić information content (AvgIpc) is 2.92. The predicted molar refractivity (Wildman–Crippen MR) is 134 cm³/mol. The van der Waals surface area contributed by atoms with Crippen molar-refractivity contribution in [3.63, 3.8) is 0 Å². The summed E-state index contributed by atoms with van der Waals surface area (Å²) in [6, 6.07) is 3.56. The van der Waals surface area contributed by atoms with Gasteiger partial charge in [0, 0.05) is 25.2 Å². The number of hydrogen-bond donors (Lipinski definition) is 2. The molecule has 1 saturated heterocycles. The number of urea groups is 1. The molecule has 1 aliphatic rings. The van der Waals surface area contributed by atoms with Crippen molar-refractivity contribution in [1.29, 1.82) is 0 Å². The molecule has 3 amide bonds. The molecule has 0 atom stereocenters. The number of alkyl halides is 3. The van der Waals surface area contributed by atoms with Gasteiger partial charge in [0.25, 0.3) is 5.91 Å². The number of carbonyl (C=O) groups excluding carboxylic acids is 3. The molecule has 0 saturated carbocycles. The summed E-state index contributed by atoms with van der Waals surface area (Å²) in [5.74, 6) is -4.75. The molecule has 0 aliphatic carbocycles. The van der Waals surface area contributed by atoms with E-state index in [2.05, 4.69) is 30.6 Å². The maximum Gasteiger partial charge on any atom is 0.451 e. The second kappa shape index (κ2) is 11.9. The standard InChI is InChI=1S/C26H24F5N7O3/c1-13-20(23(40)33-12-19(39)18-6-9-32-24(36-18)26(29,30)31)21(35-14(2)34-13)15-7-10-38(11-8-15)25(41)37-22-16(27)4-3-5-17(22)28/h3-6,9,15H,7-8,10-12H2,1-2H3,(H,33,40)(H,37,41). The van der Waals surface area contributed by atoms with Crippen molar-refractivity contribution < 1.29 is 36.3 Å². The largest absolute Gasteiger partial charge is 0.451 e. The van der Waals surface area contributed by atoms with E-state index in [9.17, 15) is 36.3 Å². The summed E-state index contributed by atoms with van der Waals surface area (Å²) in [5, 5.41) is 4.65. The number of hydrogen-bond acceptors (Lipinski definition) is 7. The maximum atomic E-state index is 13.9. The van der Waals surface area contributed by atoms with E-state index in [4.69, 9.17) is 0 Å². The lowest BCUT2D eigenvalue weighted by atomic mass is 9.89. The third-order valence-electron chi connectivity index (χ3n) is 6.42. The van der Waals surface area contributed by atoms with Gasteiger partial charge in [-0.3, -0.25) is 9.59 Å². The summed E-state index contributed by atoms with van der Waals surface area (Å²) < 4.78 is 66.5. The van der Waals surface area contributed by atoms with Gasteiger partial charge in [-0.2, -0.15) is 13.2 Å². The molecule has 10 nitrogen and oxygen atoms in total. The first-order valence-corrected chi connectivity index (χ1v) is 12.4. The lowest BCUT2D eigenvalue weighted by molar-refractivity contribution is -0.145. The molecule has 3 aromatic rings. The molecule has 1 fully saturated rings. The molecule has 2 aromatic heterocycles. The van der Waals surface area contributed by atoms with Gasteiger partial charge in [0.2, 0.25) is 5.82 Å². The highest BCUT2D eigenvalue weighted by atomic mass is 19.4. The van der Waals surface area contributed by atoms with Crippen molar-refractivity contribution in [2.24, 2.45) is 0 Å². The van der Waals surface area contributed by atoms with Crippen LogP contribution in [-0.4, -0.2) is 62.2 Å². The van der Waals surface area contributed by atoms with Crippen molar-refractivity contribution in [2.45, 2.75) is 38.8 Å². The number of likely N-dealkylation sites (tertiary alicyclic amines) is 1. The Bertz CT molecular complexity index is 1470. The minimum absolute atomic E-state index is 0.110. The summed E-state index contributed by atoms with van der Waals surface area (Å²) in [5.41, 5.74) is -0.230. The van der Waals surface area contributed by atoms with E-state index >= 15 is 0 Å². The number of nitrogens with one attached hydrogen (secondary N) is 2. The first kappa shape index (κ1) is 29.4. The first-order chi connectivity index (χ1) is 19.3. The Labute approximate surface area is 230 Å². The molecule has 4 rings (SSSR count). The van der Waals surface area contributed by atoms with Gasteiger partial charge in [-0.1, -0.05) is 6.07 Å². The van der Waals surface area contributed by atoms with E-state index in [1.807, 2.05) is 0 Å². The first-order valence-electron chi connectivity index (χ1n) is 12.4. The number of nitrogens with zero attached hydrogens (tertiary/aromatic N) is 5. The quantitative estimate of drug-likeness (QED) is 0.332. The maximum absolute atomic E-state index is 13.9. The van der Waals surface area contributed by atoms with Crippen LogP contribution in [0.4, 0.5) is 32.4 Å². The molecule has 0 spiro atoms. The number of ketones is 1. The summed E-state index contributed by atoms with van der Waals surface area (Å²) >= 11 is 0. The van der Waals surface area contributed by atoms with Crippen molar-refractivity contribution in [3.8, 4) is 0 Å². The normalized spacial score (nSPS) is 14.1. The van der Waals surface area contributed by atoms with Crippen LogP contribution < -0.4 is 10.6 Å². The Hall–Kier alpha value is -4.56. The molecule has 216 valence electrons. The number of aromatic nitrogens is 4. The summed E-state index contributed by atoms with van der Waals surface area (Å²) in [4.78, 5) is 54.6. The molecule has 41 heavy (non-hydrogen) atoms. The van der Waals surface area contributed by atoms with Crippen LogP contribution in [0, 0.1) is 25.5 Å². The Morgan fingerprint density at radius 3 is 2.29 bits per heavy atom. The number of halogens is 5. The van der Waals surface area contributed by atoms with Crippen molar-refractivity contribution in [3.05, 3.63) is 76.4 Å². The molecular formula is C26H24F5N7O3. The van der Waals surface area contributed by atoms with E-state index in [-0.39, 0.29) is 24.6 Å². The Kier molecular flexibility index (Phi) is 8.54. The fourth-order valence-electron chi connectivity index (χ4n) is 4.46. The fourth-order valence-corrected chi connectivity index (χ4v) is 4.46. The number of amides is 3. The van der Waals surface area contributed by atoms with Crippen molar-refractivity contribution in [1.82, 2.24) is 30.2 Å².